The van der Waals surface area contributed by atoms with Gasteiger partial charge in [-0.15, -0.1) is 0 Å². The summed E-state index contributed by atoms with van der Waals surface area (Å²) in [5.74, 6) is 0.234. The van der Waals surface area contributed by atoms with E-state index in [2.05, 4.69) is 20.6 Å². The van der Waals surface area contributed by atoms with Gasteiger partial charge in [0, 0.05) is 22.5 Å². The van der Waals surface area contributed by atoms with E-state index < -0.39 is 0 Å². The first-order chi connectivity index (χ1) is 12.0. The largest absolute Gasteiger partial charge is 0.340 e. The van der Waals surface area contributed by atoms with Gasteiger partial charge in [-0.2, -0.15) is 0 Å². The molecule has 0 saturated carbocycles. The van der Waals surface area contributed by atoms with Crippen molar-refractivity contribution in [2.24, 2.45) is 0 Å². The third kappa shape index (κ3) is 4.14. The zero-order chi connectivity index (χ0) is 17.8. The van der Waals surface area contributed by atoms with Gasteiger partial charge >= 0.3 is 0 Å². The van der Waals surface area contributed by atoms with Crippen LogP contribution in [0, 0.1) is 13.8 Å². The number of hydrogen-bond acceptors (Lipinski definition) is 4. The van der Waals surface area contributed by atoms with Crippen molar-refractivity contribution in [3.8, 4) is 0 Å². The van der Waals surface area contributed by atoms with E-state index >= 15 is 0 Å². The van der Waals surface area contributed by atoms with Crippen LogP contribution in [0.2, 0.25) is 5.02 Å². The highest BCUT2D eigenvalue weighted by molar-refractivity contribution is 6.30. The minimum absolute atomic E-state index is 0.280. The average molecular weight is 353 g/mol. The van der Waals surface area contributed by atoms with Crippen LogP contribution in [0.5, 0.6) is 0 Å². The molecule has 25 heavy (non-hydrogen) atoms. The fourth-order valence-electron chi connectivity index (χ4n) is 2.45. The molecule has 0 aliphatic rings. The van der Waals surface area contributed by atoms with Crippen molar-refractivity contribution < 1.29 is 4.79 Å². The van der Waals surface area contributed by atoms with Gasteiger partial charge in [-0.05, 0) is 43.2 Å². The fraction of sp³-hybridized carbons (Fsp3) is 0.105. The van der Waals surface area contributed by atoms with Crippen molar-refractivity contribution >= 4 is 34.7 Å². The Balaban J connectivity index is 1.80. The molecule has 0 saturated heterocycles. The lowest BCUT2D eigenvalue weighted by Crippen LogP contribution is -2.15. The standard InChI is InChI=1S/C19H17ClN4O/c1-12-5-3-6-13(2)18(12)24-19(25)16-10-17(22-11-21-16)23-15-8-4-7-14(20)9-15/h3-11H,1-2H3,(H,24,25)(H,21,22,23). The van der Waals surface area contributed by atoms with Crippen LogP contribution in [0.4, 0.5) is 17.2 Å². The lowest BCUT2D eigenvalue weighted by atomic mass is 10.1. The van der Waals surface area contributed by atoms with Gasteiger partial charge in [0.2, 0.25) is 0 Å². The predicted octanol–water partition coefficient (Wildman–Crippen LogP) is 4.74. The molecule has 2 aromatic carbocycles. The highest BCUT2D eigenvalue weighted by atomic mass is 35.5. The molecule has 1 amide bonds. The molecule has 3 rings (SSSR count). The predicted molar refractivity (Wildman–Crippen MR) is 101 cm³/mol. The summed E-state index contributed by atoms with van der Waals surface area (Å²) in [7, 11) is 0. The molecule has 5 nitrogen and oxygen atoms in total. The molecule has 0 aliphatic heterocycles. The van der Waals surface area contributed by atoms with E-state index in [1.807, 2.05) is 44.2 Å². The van der Waals surface area contributed by atoms with E-state index in [0.29, 0.717) is 10.8 Å². The second-order valence-corrected chi connectivity index (χ2v) is 6.08. The molecule has 2 N–H and O–H groups in total. The Morgan fingerprint density at radius 3 is 2.44 bits per heavy atom. The van der Waals surface area contributed by atoms with E-state index in [4.69, 9.17) is 11.6 Å². The highest BCUT2D eigenvalue weighted by Gasteiger charge is 2.12. The topological polar surface area (TPSA) is 66.9 Å². The highest BCUT2D eigenvalue weighted by Crippen LogP contribution is 2.21. The SMILES string of the molecule is Cc1cccc(C)c1NC(=O)c1cc(Nc2cccc(Cl)c2)ncn1. The lowest BCUT2D eigenvalue weighted by Gasteiger charge is -2.11. The number of hydrogen-bond donors (Lipinski definition) is 2. The molecule has 0 fully saturated rings. The normalized spacial score (nSPS) is 10.4. The Bertz CT molecular complexity index is 907. The monoisotopic (exact) mass is 352 g/mol. The lowest BCUT2D eigenvalue weighted by molar-refractivity contribution is 0.102. The number of aromatic nitrogens is 2. The van der Waals surface area contributed by atoms with Gasteiger partial charge in [0.25, 0.3) is 5.91 Å². The Labute approximate surface area is 151 Å². The maximum Gasteiger partial charge on any atom is 0.274 e. The number of anilines is 3. The van der Waals surface area contributed by atoms with Gasteiger partial charge in [-0.3, -0.25) is 4.79 Å². The first-order valence-electron chi connectivity index (χ1n) is 7.75. The molecule has 0 spiro atoms. The molecule has 6 heteroatoms. The van der Waals surface area contributed by atoms with Crippen LogP contribution >= 0.6 is 11.6 Å². The Morgan fingerprint density at radius 2 is 1.72 bits per heavy atom. The third-order valence-electron chi connectivity index (χ3n) is 3.72. The maximum atomic E-state index is 12.5. The summed E-state index contributed by atoms with van der Waals surface area (Å²) < 4.78 is 0. The van der Waals surface area contributed by atoms with Crippen LogP contribution in [-0.2, 0) is 0 Å². The molecule has 0 bridgehead atoms. The molecule has 1 heterocycles. The second-order valence-electron chi connectivity index (χ2n) is 5.64. The van der Waals surface area contributed by atoms with E-state index in [0.717, 1.165) is 22.5 Å². The molecule has 126 valence electrons. The summed E-state index contributed by atoms with van der Waals surface area (Å²) in [4.78, 5) is 20.7. The third-order valence-corrected chi connectivity index (χ3v) is 3.95. The first-order valence-corrected chi connectivity index (χ1v) is 8.13. The van der Waals surface area contributed by atoms with Crippen LogP contribution in [-0.4, -0.2) is 15.9 Å². The number of nitrogens with zero attached hydrogens (tertiary/aromatic N) is 2. The number of amides is 1. The van der Waals surface area contributed by atoms with Crippen molar-refractivity contribution in [1.82, 2.24) is 9.97 Å². The van der Waals surface area contributed by atoms with Crippen molar-refractivity contribution in [2.75, 3.05) is 10.6 Å². The van der Waals surface area contributed by atoms with Crippen LogP contribution in [0.15, 0.2) is 54.9 Å². The number of nitrogens with one attached hydrogen (secondary N) is 2. The van der Waals surface area contributed by atoms with Gasteiger partial charge in [0.05, 0.1) is 0 Å². The second kappa shape index (κ2) is 7.32. The average Bonchev–Trinajstić information content (AvgIpc) is 2.58. The van der Waals surface area contributed by atoms with Crippen LogP contribution < -0.4 is 10.6 Å². The Morgan fingerprint density at radius 1 is 1.00 bits per heavy atom. The van der Waals surface area contributed by atoms with Gasteiger partial charge in [0.1, 0.15) is 17.8 Å². The van der Waals surface area contributed by atoms with Gasteiger partial charge < -0.3 is 10.6 Å². The zero-order valence-corrected chi connectivity index (χ0v) is 14.6. The zero-order valence-electron chi connectivity index (χ0n) is 13.9. The minimum Gasteiger partial charge on any atom is -0.340 e. The Hall–Kier alpha value is -2.92. The Kier molecular flexibility index (Phi) is 4.95. The van der Waals surface area contributed by atoms with Crippen molar-refractivity contribution in [3.63, 3.8) is 0 Å². The van der Waals surface area contributed by atoms with E-state index in [1.54, 1.807) is 18.2 Å². The quantitative estimate of drug-likeness (QED) is 0.711. The molecule has 0 atom stereocenters. The van der Waals surface area contributed by atoms with E-state index in [1.165, 1.54) is 6.33 Å². The number of halogens is 1. The molecule has 1 aromatic heterocycles. The van der Waals surface area contributed by atoms with Crippen molar-refractivity contribution in [3.05, 3.63) is 76.7 Å². The molecule has 0 aliphatic carbocycles. The summed E-state index contributed by atoms with van der Waals surface area (Å²) in [6.07, 6.45) is 1.35. The van der Waals surface area contributed by atoms with Gasteiger partial charge in [-0.1, -0.05) is 35.9 Å². The van der Waals surface area contributed by atoms with Gasteiger partial charge in [-0.25, -0.2) is 9.97 Å². The number of carbonyl (C=O) groups excluding carboxylic acids is 1. The van der Waals surface area contributed by atoms with E-state index in [-0.39, 0.29) is 11.6 Å². The summed E-state index contributed by atoms with van der Waals surface area (Å²) in [6, 6.07) is 14.7. The number of para-hydroxylation sites is 1. The van der Waals surface area contributed by atoms with E-state index in [9.17, 15) is 4.79 Å². The van der Waals surface area contributed by atoms with Crippen molar-refractivity contribution in [2.45, 2.75) is 13.8 Å². The van der Waals surface area contributed by atoms with Crippen LogP contribution in [0.1, 0.15) is 21.6 Å². The van der Waals surface area contributed by atoms with Crippen molar-refractivity contribution in [1.29, 1.82) is 0 Å². The summed E-state index contributed by atoms with van der Waals surface area (Å²) >= 11 is 5.98. The number of rotatable bonds is 4. The molecule has 0 radical (unpaired) electrons. The summed E-state index contributed by atoms with van der Waals surface area (Å²) in [5.41, 5.74) is 3.87. The van der Waals surface area contributed by atoms with Crippen LogP contribution in [0.25, 0.3) is 0 Å². The maximum absolute atomic E-state index is 12.5. The van der Waals surface area contributed by atoms with Gasteiger partial charge in [0.15, 0.2) is 0 Å². The smallest absolute Gasteiger partial charge is 0.274 e. The number of aryl methyl sites for hydroxylation is 2. The number of carbonyl (C=O) groups is 1. The molecule has 0 unspecified atom stereocenters. The first kappa shape index (κ1) is 16.9. The minimum atomic E-state index is -0.283. The number of benzene rings is 2. The fourth-order valence-corrected chi connectivity index (χ4v) is 2.64. The molecular formula is C19H17ClN4O. The summed E-state index contributed by atoms with van der Waals surface area (Å²) in [6.45, 7) is 3.91. The van der Waals surface area contributed by atoms with Crippen LogP contribution in [0.3, 0.4) is 0 Å². The molecular weight excluding hydrogens is 336 g/mol. The molecule has 3 aromatic rings. The summed E-state index contributed by atoms with van der Waals surface area (Å²) in [5, 5.41) is 6.65.